The molecule has 3 atom stereocenters. The Morgan fingerprint density at radius 1 is 1.31 bits per heavy atom. The van der Waals surface area contributed by atoms with Gasteiger partial charge in [0.2, 0.25) is 0 Å². The van der Waals surface area contributed by atoms with Gasteiger partial charge in [-0.2, -0.15) is 13.2 Å². The van der Waals surface area contributed by atoms with Crippen molar-refractivity contribution in [2.75, 3.05) is 6.54 Å². The molecule has 4 N–H and O–H groups in total. The summed E-state index contributed by atoms with van der Waals surface area (Å²) in [5, 5.41) is 27.9. The predicted molar refractivity (Wildman–Crippen MR) is 43.1 cm³/mol. The number of carbonyl (C=O) groups is 2. The van der Waals surface area contributed by atoms with Gasteiger partial charge in [0.1, 0.15) is 18.3 Å². The highest BCUT2D eigenvalue weighted by Gasteiger charge is 2.39. The Morgan fingerprint density at radius 3 is 2.19 bits per heavy atom. The smallest absolute Gasteiger partial charge is 0.388 e. The van der Waals surface area contributed by atoms with Gasteiger partial charge in [-0.15, -0.1) is 0 Å². The number of aldehydes is 1. The topological polar surface area (TPSA) is 107 Å². The molecule has 0 aromatic carbocycles. The van der Waals surface area contributed by atoms with Crippen LogP contribution in [0.1, 0.15) is 0 Å². The van der Waals surface area contributed by atoms with Gasteiger partial charge in [0.25, 0.3) is 0 Å². The van der Waals surface area contributed by atoms with E-state index in [0.29, 0.717) is 0 Å². The van der Waals surface area contributed by atoms with Gasteiger partial charge in [-0.05, 0) is 0 Å². The van der Waals surface area contributed by atoms with Crippen molar-refractivity contribution < 1.29 is 38.1 Å². The van der Waals surface area contributed by atoms with Crippen LogP contribution in [-0.4, -0.2) is 58.5 Å². The third-order valence-electron chi connectivity index (χ3n) is 1.61. The van der Waals surface area contributed by atoms with Crippen LogP contribution in [0.3, 0.4) is 0 Å². The fourth-order valence-electron chi connectivity index (χ4n) is 0.726. The quantitative estimate of drug-likeness (QED) is 0.417. The summed E-state index contributed by atoms with van der Waals surface area (Å²) >= 11 is 0. The second-order valence-corrected chi connectivity index (χ2v) is 2.89. The molecule has 0 aromatic heterocycles. The lowest BCUT2D eigenvalue weighted by atomic mass is 10.1. The molecule has 0 unspecified atom stereocenters. The van der Waals surface area contributed by atoms with Crippen molar-refractivity contribution in [3.8, 4) is 0 Å². The fourth-order valence-corrected chi connectivity index (χ4v) is 0.726. The molecule has 0 aliphatic heterocycles. The zero-order chi connectivity index (χ0) is 12.9. The van der Waals surface area contributed by atoms with E-state index in [2.05, 4.69) is 0 Å². The molecule has 9 heteroatoms. The maximum absolute atomic E-state index is 11.7. The Labute approximate surface area is 87.7 Å². The maximum Gasteiger partial charge on any atom is 0.471 e. The first kappa shape index (κ1) is 14.8. The number of hydrogen-bond donors (Lipinski definition) is 4. The summed E-state index contributed by atoms with van der Waals surface area (Å²) < 4.78 is 35.0. The number of aliphatic hydroxyl groups is 3. The van der Waals surface area contributed by atoms with E-state index in [1.165, 1.54) is 5.32 Å². The minimum absolute atomic E-state index is 0.0978. The Balaban J connectivity index is 4.12. The minimum atomic E-state index is -5.10. The second kappa shape index (κ2) is 5.77. The highest BCUT2D eigenvalue weighted by Crippen LogP contribution is 2.14. The lowest BCUT2D eigenvalue weighted by Gasteiger charge is -2.19. The molecule has 1 amide bonds. The van der Waals surface area contributed by atoms with Crippen molar-refractivity contribution in [2.45, 2.75) is 24.5 Å². The van der Waals surface area contributed by atoms with Gasteiger partial charge in [-0.25, -0.2) is 0 Å². The van der Waals surface area contributed by atoms with Gasteiger partial charge in [0, 0.05) is 6.54 Å². The number of amides is 1. The van der Waals surface area contributed by atoms with Crippen LogP contribution in [0.4, 0.5) is 13.2 Å². The third-order valence-corrected chi connectivity index (χ3v) is 1.61. The first-order valence-corrected chi connectivity index (χ1v) is 4.04. The molecule has 0 bridgehead atoms. The van der Waals surface area contributed by atoms with Gasteiger partial charge in [0.05, 0.1) is 0 Å². The average Bonchev–Trinajstić information content (AvgIpc) is 2.21. The number of alkyl halides is 3. The number of nitrogens with one attached hydrogen (secondary N) is 1. The Hall–Kier alpha value is -1.19. The second-order valence-electron chi connectivity index (χ2n) is 2.89. The first-order chi connectivity index (χ1) is 7.20. The van der Waals surface area contributed by atoms with Gasteiger partial charge in [-0.1, -0.05) is 0 Å². The van der Waals surface area contributed by atoms with Gasteiger partial charge in [0.15, 0.2) is 6.29 Å². The van der Waals surface area contributed by atoms with Gasteiger partial charge < -0.3 is 25.4 Å². The molecule has 0 fully saturated rings. The molecule has 0 saturated heterocycles. The molecule has 0 spiro atoms. The summed E-state index contributed by atoms with van der Waals surface area (Å²) in [6.07, 6.45) is -11.0. The molecule has 0 saturated carbocycles. The maximum atomic E-state index is 11.7. The molecular weight excluding hydrogens is 235 g/mol. The SMILES string of the molecule is O=C[C@H](O)[C@@H](O)[C@H](O)CNC(=O)C(F)(F)F. The Bertz CT molecular complexity index is 257. The summed E-state index contributed by atoms with van der Waals surface area (Å²) in [7, 11) is 0. The monoisotopic (exact) mass is 245 g/mol. The Morgan fingerprint density at radius 2 is 1.81 bits per heavy atom. The van der Waals surface area contributed by atoms with Crippen LogP contribution in [0, 0.1) is 0 Å². The molecular formula is C7H10F3NO5. The molecule has 0 radical (unpaired) electrons. The van der Waals surface area contributed by atoms with E-state index >= 15 is 0 Å². The largest absolute Gasteiger partial charge is 0.471 e. The summed E-state index contributed by atoms with van der Waals surface area (Å²) in [6.45, 7) is -0.940. The highest BCUT2D eigenvalue weighted by molar-refractivity contribution is 5.81. The fraction of sp³-hybridized carbons (Fsp3) is 0.714. The molecule has 0 aromatic rings. The lowest BCUT2D eigenvalue weighted by Crippen LogP contribution is -2.47. The standard InChI is InChI=1S/C7H10F3NO5/c8-7(9,10)6(16)11-1-3(13)5(15)4(14)2-12/h2-5,13-15H,1H2,(H,11,16)/t3-,4+,5+/m1/s1. The van der Waals surface area contributed by atoms with Crippen molar-refractivity contribution in [1.29, 1.82) is 0 Å². The number of hydrogen-bond acceptors (Lipinski definition) is 5. The molecule has 6 nitrogen and oxygen atoms in total. The number of carbonyl (C=O) groups excluding carboxylic acids is 2. The number of halogens is 3. The Kier molecular flexibility index (Phi) is 5.35. The van der Waals surface area contributed by atoms with E-state index < -0.39 is 36.9 Å². The lowest BCUT2D eigenvalue weighted by molar-refractivity contribution is -0.174. The van der Waals surface area contributed by atoms with Crippen LogP contribution in [0.2, 0.25) is 0 Å². The van der Waals surface area contributed by atoms with Crippen LogP contribution in [0.15, 0.2) is 0 Å². The molecule has 0 aliphatic rings. The van der Waals surface area contributed by atoms with E-state index in [4.69, 9.17) is 15.3 Å². The van der Waals surface area contributed by atoms with Crippen LogP contribution in [0.5, 0.6) is 0 Å². The van der Waals surface area contributed by atoms with Crippen molar-refractivity contribution in [2.24, 2.45) is 0 Å². The summed E-state index contributed by atoms with van der Waals surface area (Å²) in [6, 6.07) is 0. The summed E-state index contributed by atoms with van der Waals surface area (Å²) in [5.74, 6) is -2.29. The van der Waals surface area contributed by atoms with Crippen LogP contribution in [0.25, 0.3) is 0 Å². The number of aliphatic hydroxyl groups excluding tert-OH is 3. The number of rotatable bonds is 5. The van der Waals surface area contributed by atoms with Crippen molar-refractivity contribution in [1.82, 2.24) is 5.32 Å². The molecule has 0 heterocycles. The first-order valence-electron chi connectivity index (χ1n) is 4.04. The van der Waals surface area contributed by atoms with Crippen LogP contribution in [-0.2, 0) is 9.59 Å². The normalized spacial score (nSPS) is 17.4. The van der Waals surface area contributed by atoms with Crippen LogP contribution >= 0.6 is 0 Å². The molecule has 0 aliphatic carbocycles. The van der Waals surface area contributed by atoms with Crippen molar-refractivity contribution in [3.05, 3.63) is 0 Å². The van der Waals surface area contributed by atoms with E-state index in [9.17, 15) is 22.8 Å². The minimum Gasteiger partial charge on any atom is -0.388 e. The van der Waals surface area contributed by atoms with E-state index in [0.717, 1.165) is 0 Å². The predicted octanol–water partition coefficient (Wildman–Crippen LogP) is -2.05. The van der Waals surface area contributed by atoms with Gasteiger partial charge in [-0.3, -0.25) is 4.79 Å². The van der Waals surface area contributed by atoms with E-state index in [-0.39, 0.29) is 6.29 Å². The van der Waals surface area contributed by atoms with Crippen molar-refractivity contribution >= 4 is 12.2 Å². The molecule has 94 valence electrons. The third kappa shape index (κ3) is 4.55. The summed E-state index contributed by atoms with van der Waals surface area (Å²) in [5.41, 5.74) is 0. The van der Waals surface area contributed by atoms with E-state index in [1.807, 2.05) is 0 Å². The van der Waals surface area contributed by atoms with E-state index in [1.54, 1.807) is 0 Å². The average molecular weight is 245 g/mol. The molecule has 0 rings (SSSR count). The summed E-state index contributed by atoms with van der Waals surface area (Å²) in [4.78, 5) is 20.2. The highest BCUT2D eigenvalue weighted by atomic mass is 19.4. The zero-order valence-corrected chi connectivity index (χ0v) is 7.81. The van der Waals surface area contributed by atoms with Gasteiger partial charge >= 0.3 is 12.1 Å². The van der Waals surface area contributed by atoms with Crippen LogP contribution < -0.4 is 5.32 Å². The van der Waals surface area contributed by atoms with Crippen molar-refractivity contribution in [3.63, 3.8) is 0 Å². The zero-order valence-electron chi connectivity index (χ0n) is 7.81. The molecule has 16 heavy (non-hydrogen) atoms.